The van der Waals surface area contributed by atoms with E-state index >= 15 is 0 Å². The molecule has 0 spiro atoms. The lowest BCUT2D eigenvalue weighted by Gasteiger charge is -2.27. The lowest BCUT2D eigenvalue weighted by Crippen LogP contribution is -2.53. The van der Waals surface area contributed by atoms with E-state index in [-0.39, 0.29) is 0 Å². The summed E-state index contributed by atoms with van der Waals surface area (Å²) in [7, 11) is 0. The fourth-order valence-electron chi connectivity index (χ4n) is 5.16. The topological polar surface area (TPSA) is 110 Å². The third-order valence-electron chi connectivity index (χ3n) is 7.98. The average molecular weight is 570 g/mol. The van der Waals surface area contributed by atoms with Gasteiger partial charge in [-0.3, -0.25) is 4.79 Å². The summed E-state index contributed by atoms with van der Waals surface area (Å²) in [6.45, 7) is 3.97. The molecule has 0 bridgehead atoms. The quantitative estimate of drug-likeness (QED) is 0.0454. The molecule has 6 heteroatoms. The van der Waals surface area contributed by atoms with Crippen molar-refractivity contribution < 1.29 is 25.2 Å². The Bertz CT molecular complexity index is 571. The summed E-state index contributed by atoms with van der Waals surface area (Å²) < 4.78 is 0. The van der Waals surface area contributed by atoms with Gasteiger partial charge in [0.15, 0.2) is 0 Å². The highest BCUT2D eigenvalue weighted by atomic mass is 16.3. The van der Waals surface area contributed by atoms with Crippen LogP contribution in [-0.4, -0.2) is 57.3 Å². The van der Waals surface area contributed by atoms with Gasteiger partial charge in [-0.05, 0) is 38.5 Å². The molecule has 0 aromatic carbocycles. The molecule has 0 aliphatic rings. The predicted molar refractivity (Wildman–Crippen MR) is 168 cm³/mol. The molecule has 0 heterocycles. The number of nitrogens with one attached hydrogen (secondary N) is 1. The van der Waals surface area contributed by atoms with Gasteiger partial charge in [0, 0.05) is 0 Å². The van der Waals surface area contributed by atoms with Crippen LogP contribution in [0.5, 0.6) is 0 Å². The SMILES string of the molecule is CCCCCCCC/C=C\CCCCCCCCC(O)C(=O)NC(CO)C(O)C(O)CCCCCCCCCC. The van der Waals surface area contributed by atoms with Crippen LogP contribution in [-0.2, 0) is 4.79 Å². The first-order valence-electron chi connectivity index (χ1n) is 17.1. The van der Waals surface area contributed by atoms with E-state index in [9.17, 15) is 25.2 Å². The number of allylic oxidation sites excluding steroid dienone is 2. The number of carbonyl (C=O) groups is 1. The van der Waals surface area contributed by atoms with Crippen molar-refractivity contribution in [3.05, 3.63) is 12.2 Å². The van der Waals surface area contributed by atoms with Crippen molar-refractivity contribution in [1.82, 2.24) is 5.32 Å². The molecule has 0 saturated carbocycles. The highest BCUT2D eigenvalue weighted by Crippen LogP contribution is 2.15. The van der Waals surface area contributed by atoms with E-state index in [1.807, 2.05) is 0 Å². The van der Waals surface area contributed by atoms with Gasteiger partial charge in [-0.25, -0.2) is 0 Å². The van der Waals surface area contributed by atoms with Gasteiger partial charge in [-0.15, -0.1) is 0 Å². The van der Waals surface area contributed by atoms with Crippen molar-refractivity contribution in [3.63, 3.8) is 0 Å². The van der Waals surface area contributed by atoms with Crippen molar-refractivity contribution in [1.29, 1.82) is 0 Å². The molecule has 0 radical (unpaired) electrons. The zero-order chi connectivity index (χ0) is 29.7. The number of rotatable bonds is 30. The summed E-state index contributed by atoms with van der Waals surface area (Å²) in [6, 6.07) is -0.981. The maximum absolute atomic E-state index is 12.4. The number of carbonyl (C=O) groups excluding carboxylic acids is 1. The fourth-order valence-corrected chi connectivity index (χ4v) is 5.16. The molecule has 0 aromatic rings. The minimum Gasteiger partial charge on any atom is -0.394 e. The zero-order valence-corrected chi connectivity index (χ0v) is 26.3. The predicted octanol–water partition coefficient (Wildman–Crippen LogP) is 7.50. The fraction of sp³-hybridized carbons (Fsp3) is 0.912. The van der Waals surface area contributed by atoms with Crippen molar-refractivity contribution in [3.8, 4) is 0 Å². The summed E-state index contributed by atoms with van der Waals surface area (Å²) in [5.41, 5.74) is 0. The average Bonchev–Trinajstić information content (AvgIpc) is 2.96. The summed E-state index contributed by atoms with van der Waals surface area (Å²) in [5, 5.41) is 43.1. The first-order chi connectivity index (χ1) is 19.5. The molecular weight excluding hydrogens is 502 g/mol. The molecule has 0 aliphatic heterocycles. The van der Waals surface area contributed by atoms with Crippen LogP contribution in [0.3, 0.4) is 0 Å². The van der Waals surface area contributed by atoms with Crippen molar-refractivity contribution in [2.45, 2.75) is 192 Å². The Kier molecular flexibility index (Phi) is 28.8. The number of hydrogen-bond acceptors (Lipinski definition) is 5. The second-order valence-corrected chi connectivity index (χ2v) is 11.9. The number of unbranched alkanes of at least 4 members (excludes halogenated alkanes) is 19. The normalized spacial score (nSPS) is 14.8. The van der Waals surface area contributed by atoms with Crippen LogP contribution in [0.4, 0.5) is 0 Å². The summed E-state index contributed by atoms with van der Waals surface area (Å²) in [5.74, 6) is -0.592. The second-order valence-electron chi connectivity index (χ2n) is 11.9. The highest BCUT2D eigenvalue weighted by molar-refractivity contribution is 5.80. The molecule has 0 saturated heterocycles. The largest absolute Gasteiger partial charge is 0.394 e. The van der Waals surface area contributed by atoms with Crippen LogP contribution in [0.1, 0.15) is 168 Å². The molecule has 40 heavy (non-hydrogen) atoms. The van der Waals surface area contributed by atoms with E-state index in [2.05, 4.69) is 31.3 Å². The third-order valence-corrected chi connectivity index (χ3v) is 7.98. The number of aliphatic hydroxyl groups is 4. The van der Waals surface area contributed by atoms with Crippen LogP contribution in [0.2, 0.25) is 0 Å². The Labute approximate surface area is 247 Å². The zero-order valence-electron chi connectivity index (χ0n) is 26.3. The van der Waals surface area contributed by atoms with E-state index < -0.39 is 36.9 Å². The Morgan fingerprint density at radius 3 is 1.45 bits per heavy atom. The minimum atomic E-state index is -1.25. The van der Waals surface area contributed by atoms with Gasteiger partial charge >= 0.3 is 0 Å². The molecule has 0 aromatic heterocycles. The van der Waals surface area contributed by atoms with E-state index in [1.165, 1.54) is 96.3 Å². The molecule has 6 nitrogen and oxygen atoms in total. The Balaban J connectivity index is 3.83. The Morgan fingerprint density at radius 2 is 1.00 bits per heavy atom. The molecule has 238 valence electrons. The maximum Gasteiger partial charge on any atom is 0.249 e. The standard InChI is InChI=1S/C34H67NO5/c1-3-5-7-9-11-13-14-15-16-17-18-19-20-22-24-26-28-32(38)34(40)35-30(29-36)33(39)31(37)27-25-23-21-12-10-8-6-4-2/h15-16,30-33,36-39H,3-14,17-29H2,1-2H3,(H,35,40)/b16-15-. The van der Waals surface area contributed by atoms with Crippen LogP contribution in [0.25, 0.3) is 0 Å². The molecule has 1 amide bonds. The molecule has 4 unspecified atom stereocenters. The van der Waals surface area contributed by atoms with E-state index in [0.29, 0.717) is 12.8 Å². The summed E-state index contributed by atoms with van der Waals surface area (Å²) in [4.78, 5) is 12.4. The first-order valence-corrected chi connectivity index (χ1v) is 17.1. The summed E-state index contributed by atoms with van der Waals surface area (Å²) >= 11 is 0. The molecule has 0 rings (SSSR count). The van der Waals surface area contributed by atoms with Gasteiger partial charge < -0.3 is 25.7 Å². The van der Waals surface area contributed by atoms with Crippen molar-refractivity contribution in [2.24, 2.45) is 0 Å². The van der Waals surface area contributed by atoms with E-state index in [0.717, 1.165) is 44.9 Å². The lowest BCUT2D eigenvalue weighted by molar-refractivity contribution is -0.132. The van der Waals surface area contributed by atoms with Crippen LogP contribution < -0.4 is 5.32 Å². The van der Waals surface area contributed by atoms with Crippen molar-refractivity contribution >= 4 is 5.91 Å². The highest BCUT2D eigenvalue weighted by Gasteiger charge is 2.28. The van der Waals surface area contributed by atoms with Crippen LogP contribution in [0, 0.1) is 0 Å². The van der Waals surface area contributed by atoms with E-state index in [4.69, 9.17) is 0 Å². The molecule has 4 atom stereocenters. The first kappa shape index (κ1) is 39.0. The minimum absolute atomic E-state index is 0.363. The number of hydrogen-bond donors (Lipinski definition) is 5. The van der Waals surface area contributed by atoms with Crippen LogP contribution in [0.15, 0.2) is 12.2 Å². The molecule has 5 N–H and O–H groups in total. The lowest BCUT2D eigenvalue weighted by atomic mass is 9.99. The Hall–Kier alpha value is -0.950. The molecule has 0 fully saturated rings. The van der Waals surface area contributed by atoms with Gasteiger partial charge in [0.1, 0.15) is 12.2 Å². The second kappa shape index (κ2) is 29.5. The van der Waals surface area contributed by atoms with Crippen LogP contribution >= 0.6 is 0 Å². The molecular formula is C34H67NO5. The van der Waals surface area contributed by atoms with Gasteiger partial charge in [-0.1, -0.05) is 142 Å². The van der Waals surface area contributed by atoms with Gasteiger partial charge in [-0.2, -0.15) is 0 Å². The monoisotopic (exact) mass is 570 g/mol. The third kappa shape index (κ3) is 23.7. The van der Waals surface area contributed by atoms with Gasteiger partial charge in [0.25, 0.3) is 0 Å². The van der Waals surface area contributed by atoms with Crippen molar-refractivity contribution in [2.75, 3.05) is 6.61 Å². The molecule has 0 aliphatic carbocycles. The van der Waals surface area contributed by atoms with Gasteiger partial charge in [0.2, 0.25) is 5.91 Å². The Morgan fingerprint density at radius 1 is 0.600 bits per heavy atom. The maximum atomic E-state index is 12.4. The number of amides is 1. The van der Waals surface area contributed by atoms with Gasteiger partial charge in [0.05, 0.1) is 18.8 Å². The smallest absolute Gasteiger partial charge is 0.249 e. The van der Waals surface area contributed by atoms with E-state index in [1.54, 1.807) is 0 Å². The summed E-state index contributed by atoms with van der Waals surface area (Å²) in [6.07, 6.45) is 28.1. The number of aliphatic hydroxyl groups excluding tert-OH is 4.